The van der Waals surface area contributed by atoms with Gasteiger partial charge in [0.05, 0.1) is 0 Å². The van der Waals surface area contributed by atoms with Gasteiger partial charge in [-0.15, -0.1) is 0 Å². The summed E-state index contributed by atoms with van der Waals surface area (Å²) in [6.45, 7) is 4.70. The second kappa shape index (κ2) is 5.09. The number of aromatic carboxylic acids is 1. The van der Waals surface area contributed by atoms with Gasteiger partial charge in [0.25, 0.3) is 0 Å². The third-order valence-electron chi connectivity index (χ3n) is 3.99. The summed E-state index contributed by atoms with van der Waals surface area (Å²) >= 11 is 0. The quantitative estimate of drug-likeness (QED) is 0.787. The first-order chi connectivity index (χ1) is 10.1. The number of carboxylic acid groups (broad SMARTS) is 1. The number of hydrogen-bond donors (Lipinski definition) is 1. The fraction of sp³-hybridized carbons (Fsp3) is 0.167. The number of hydrogen-bond acceptors (Lipinski definition) is 1. The topological polar surface area (TPSA) is 42.2 Å². The van der Waals surface area contributed by atoms with Crippen molar-refractivity contribution in [1.82, 2.24) is 4.57 Å². The van der Waals surface area contributed by atoms with Crippen LogP contribution in [0.1, 0.15) is 27.2 Å². The number of fused-ring (bicyclic) bond motifs is 1. The summed E-state index contributed by atoms with van der Waals surface area (Å²) in [7, 11) is 0. The van der Waals surface area contributed by atoms with Crippen LogP contribution in [0.4, 0.5) is 0 Å². The van der Waals surface area contributed by atoms with Gasteiger partial charge < -0.3 is 9.67 Å². The Kier molecular flexibility index (Phi) is 3.26. The van der Waals surface area contributed by atoms with E-state index in [-0.39, 0.29) is 0 Å². The van der Waals surface area contributed by atoms with Crippen molar-refractivity contribution < 1.29 is 9.90 Å². The van der Waals surface area contributed by atoms with E-state index in [4.69, 9.17) is 0 Å². The molecule has 1 aromatic heterocycles. The number of carbonyl (C=O) groups is 1. The highest BCUT2D eigenvalue weighted by atomic mass is 16.4. The Bertz CT molecular complexity index is 810. The lowest BCUT2D eigenvalue weighted by Crippen LogP contribution is -2.11. The molecule has 0 aliphatic rings. The summed E-state index contributed by atoms with van der Waals surface area (Å²) in [5, 5.41) is 10.4. The van der Waals surface area contributed by atoms with Gasteiger partial charge in [0.1, 0.15) is 5.69 Å². The van der Waals surface area contributed by atoms with Crippen LogP contribution in [0.2, 0.25) is 0 Å². The molecule has 21 heavy (non-hydrogen) atoms. The van der Waals surface area contributed by atoms with Gasteiger partial charge in [-0.25, -0.2) is 4.79 Å². The number of aryl methyl sites for hydroxylation is 2. The van der Waals surface area contributed by atoms with Gasteiger partial charge in [-0.2, -0.15) is 0 Å². The lowest BCUT2D eigenvalue weighted by molar-refractivity contribution is 0.0686. The Labute approximate surface area is 123 Å². The summed E-state index contributed by atoms with van der Waals surface area (Å²) in [6, 6.07) is 15.7. The van der Waals surface area contributed by atoms with Crippen LogP contribution in [0.25, 0.3) is 10.9 Å². The Morgan fingerprint density at radius 1 is 1.05 bits per heavy atom. The highest BCUT2D eigenvalue weighted by Crippen LogP contribution is 2.23. The van der Waals surface area contributed by atoms with Crippen molar-refractivity contribution in [2.45, 2.75) is 20.4 Å². The van der Waals surface area contributed by atoms with Gasteiger partial charge in [-0.3, -0.25) is 0 Å². The van der Waals surface area contributed by atoms with Crippen molar-refractivity contribution in [3.8, 4) is 0 Å². The average molecular weight is 279 g/mol. The molecule has 0 radical (unpaired) electrons. The van der Waals surface area contributed by atoms with Gasteiger partial charge in [-0.1, -0.05) is 36.4 Å². The number of rotatable bonds is 3. The maximum absolute atomic E-state index is 11.5. The molecule has 3 rings (SSSR count). The van der Waals surface area contributed by atoms with E-state index in [1.807, 2.05) is 34.9 Å². The molecular weight excluding hydrogens is 262 g/mol. The van der Waals surface area contributed by atoms with Crippen molar-refractivity contribution >= 4 is 16.9 Å². The monoisotopic (exact) mass is 279 g/mol. The molecule has 0 aliphatic heterocycles. The molecule has 1 N–H and O–H groups in total. The van der Waals surface area contributed by atoms with Crippen LogP contribution in [0.15, 0.2) is 48.5 Å². The Balaban J connectivity index is 2.20. The molecule has 0 amide bonds. The van der Waals surface area contributed by atoms with Gasteiger partial charge in [-0.05, 0) is 42.7 Å². The fourth-order valence-electron chi connectivity index (χ4n) is 2.81. The third kappa shape index (κ3) is 2.31. The van der Waals surface area contributed by atoms with Crippen LogP contribution in [0.3, 0.4) is 0 Å². The van der Waals surface area contributed by atoms with Crippen molar-refractivity contribution in [3.63, 3.8) is 0 Å². The predicted octanol–water partition coefficient (Wildman–Crippen LogP) is 4.00. The molecule has 0 aliphatic carbocycles. The molecule has 106 valence electrons. The van der Waals surface area contributed by atoms with Crippen molar-refractivity contribution in [1.29, 1.82) is 0 Å². The molecule has 1 heterocycles. The Morgan fingerprint density at radius 3 is 2.38 bits per heavy atom. The first-order valence-corrected chi connectivity index (χ1v) is 6.94. The Morgan fingerprint density at radius 2 is 1.71 bits per heavy atom. The lowest BCUT2D eigenvalue weighted by atomic mass is 10.0. The van der Waals surface area contributed by atoms with E-state index in [1.54, 1.807) is 6.07 Å². The third-order valence-corrected chi connectivity index (χ3v) is 3.99. The zero-order valence-corrected chi connectivity index (χ0v) is 12.1. The molecule has 3 nitrogen and oxygen atoms in total. The van der Waals surface area contributed by atoms with E-state index >= 15 is 0 Å². The first kappa shape index (κ1) is 13.4. The second-order valence-corrected chi connectivity index (χ2v) is 5.35. The summed E-state index contributed by atoms with van der Waals surface area (Å²) < 4.78 is 1.88. The summed E-state index contributed by atoms with van der Waals surface area (Å²) in [4.78, 5) is 11.5. The summed E-state index contributed by atoms with van der Waals surface area (Å²) in [5.41, 5.74) is 4.84. The highest BCUT2D eigenvalue weighted by molar-refractivity contribution is 5.94. The van der Waals surface area contributed by atoms with Crippen molar-refractivity contribution in [2.75, 3.05) is 0 Å². The molecule has 0 saturated carbocycles. The minimum Gasteiger partial charge on any atom is -0.477 e. The van der Waals surface area contributed by atoms with E-state index in [9.17, 15) is 9.90 Å². The van der Waals surface area contributed by atoms with E-state index in [2.05, 4.69) is 26.0 Å². The number of aromatic nitrogens is 1. The van der Waals surface area contributed by atoms with Crippen LogP contribution in [0, 0.1) is 13.8 Å². The molecular formula is C18H17NO2. The summed E-state index contributed by atoms with van der Waals surface area (Å²) in [6.07, 6.45) is 0. The Hall–Kier alpha value is -2.55. The molecule has 3 heteroatoms. The van der Waals surface area contributed by atoms with E-state index in [0.29, 0.717) is 12.2 Å². The molecule has 3 aromatic rings. The number of benzene rings is 2. The fourth-order valence-corrected chi connectivity index (χ4v) is 2.81. The smallest absolute Gasteiger partial charge is 0.352 e. The minimum absolute atomic E-state index is 0.332. The molecule has 0 fully saturated rings. The van der Waals surface area contributed by atoms with E-state index < -0.39 is 5.97 Å². The van der Waals surface area contributed by atoms with Gasteiger partial charge >= 0.3 is 5.97 Å². The maximum Gasteiger partial charge on any atom is 0.352 e. The second-order valence-electron chi connectivity index (χ2n) is 5.35. The average Bonchev–Trinajstić information content (AvgIpc) is 2.82. The molecule has 0 spiro atoms. The van der Waals surface area contributed by atoms with Gasteiger partial charge in [0.2, 0.25) is 0 Å². The first-order valence-electron chi connectivity index (χ1n) is 6.94. The summed E-state index contributed by atoms with van der Waals surface area (Å²) in [5.74, 6) is -0.891. The van der Waals surface area contributed by atoms with Crippen LogP contribution in [-0.2, 0) is 6.54 Å². The maximum atomic E-state index is 11.5. The standard InChI is InChI=1S/C18H17NO2/c1-12-6-5-7-13(2)15(12)11-19-16-9-4-3-8-14(16)10-17(19)18(20)21/h3-10H,11H2,1-2H3,(H,20,21). The number of nitrogens with zero attached hydrogens (tertiary/aromatic N) is 1. The lowest BCUT2D eigenvalue weighted by Gasteiger charge is -2.13. The van der Waals surface area contributed by atoms with Gasteiger partial charge in [0.15, 0.2) is 0 Å². The normalized spacial score (nSPS) is 11.0. The largest absolute Gasteiger partial charge is 0.477 e. The number of para-hydroxylation sites is 1. The zero-order chi connectivity index (χ0) is 15.0. The number of carboxylic acids is 1. The van der Waals surface area contributed by atoms with Crippen LogP contribution < -0.4 is 0 Å². The van der Waals surface area contributed by atoms with Crippen LogP contribution in [-0.4, -0.2) is 15.6 Å². The zero-order valence-electron chi connectivity index (χ0n) is 12.1. The molecule has 0 unspecified atom stereocenters. The van der Waals surface area contributed by atoms with Gasteiger partial charge in [0, 0.05) is 17.4 Å². The molecule has 0 atom stereocenters. The van der Waals surface area contributed by atoms with Crippen molar-refractivity contribution in [3.05, 3.63) is 70.9 Å². The van der Waals surface area contributed by atoms with Crippen LogP contribution >= 0.6 is 0 Å². The van der Waals surface area contributed by atoms with Crippen molar-refractivity contribution in [2.24, 2.45) is 0 Å². The molecule has 0 bridgehead atoms. The minimum atomic E-state index is -0.891. The van der Waals surface area contributed by atoms with E-state index in [1.165, 1.54) is 16.7 Å². The molecule has 2 aromatic carbocycles. The molecule has 0 saturated heterocycles. The predicted molar refractivity (Wildman–Crippen MR) is 83.9 cm³/mol. The highest BCUT2D eigenvalue weighted by Gasteiger charge is 2.15. The van der Waals surface area contributed by atoms with E-state index in [0.717, 1.165) is 10.9 Å². The van der Waals surface area contributed by atoms with Crippen LogP contribution in [0.5, 0.6) is 0 Å². The SMILES string of the molecule is Cc1cccc(C)c1Cn1c(C(=O)O)cc2ccccc21.